The first-order chi connectivity index (χ1) is 31.9. The summed E-state index contributed by atoms with van der Waals surface area (Å²) in [6.45, 7) is 2.94. The molecular formula is C48H72N8O11. The van der Waals surface area contributed by atoms with Gasteiger partial charge in [0.05, 0.1) is 19.7 Å². The van der Waals surface area contributed by atoms with Crippen LogP contribution in [0.4, 0.5) is 0 Å². The summed E-state index contributed by atoms with van der Waals surface area (Å²) in [4.78, 5) is 107. The number of phenols is 2. The Morgan fingerprint density at radius 2 is 1.33 bits per heavy atom. The van der Waals surface area contributed by atoms with Crippen LogP contribution in [-0.2, 0) is 44.8 Å². The zero-order valence-corrected chi connectivity index (χ0v) is 39.7. The molecule has 5 atom stereocenters. The number of nitrogens with two attached hydrogens (primary N) is 1. The monoisotopic (exact) mass is 937 g/mol. The molecule has 67 heavy (non-hydrogen) atoms. The Morgan fingerprint density at radius 1 is 0.761 bits per heavy atom. The van der Waals surface area contributed by atoms with Crippen molar-refractivity contribution >= 4 is 47.3 Å². The van der Waals surface area contributed by atoms with Crippen molar-refractivity contribution in [2.24, 2.45) is 5.73 Å². The van der Waals surface area contributed by atoms with Crippen LogP contribution in [0.1, 0.15) is 128 Å². The summed E-state index contributed by atoms with van der Waals surface area (Å²) in [5.41, 5.74) is 6.05. The van der Waals surface area contributed by atoms with E-state index in [0.29, 0.717) is 12.0 Å². The fraction of sp³-hybridized carbons (Fsp3) is 0.583. The molecule has 0 saturated carbocycles. The highest BCUT2D eigenvalue weighted by Crippen LogP contribution is 2.38. The number of hydrogen-bond acceptors (Lipinski definition) is 11. The maximum absolute atomic E-state index is 13.9. The predicted molar refractivity (Wildman–Crippen MR) is 251 cm³/mol. The lowest BCUT2D eigenvalue weighted by Gasteiger charge is -2.29. The molecule has 370 valence electrons. The Labute approximate surface area is 393 Å². The van der Waals surface area contributed by atoms with Crippen molar-refractivity contribution in [3.05, 3.63) is 47.5 Å². The summed E-state index contributed by atoms with van der Waals surface area (Å²) in [5, 5.41) is 44.2. The fourth-order valence-corrected chi connectivity index (χ4v) is 7.74. The molecule has 0 fully saturated rings. The number of nitrogens with zero attached hydrogens (tertiary/aromatic N) is 2. The van der Waals surface area contributed by atoms with E-state index in [1.54, 1.807) is 0 Å². The Balaban J connectivity index is 1.62. The number of nitrogens with one attached hydrogen (secondary N) is 5. The molecule has 0 radical (unpaired) electrons. The third kappa shape index (κ3) is 17.5. The van der Waals surface area contributed by atoms with Crippen molar-refractivity contribution < 1.29 is 53.7 Å². The largest absolute Gasteiger partial charge is 0.507 e. The number of likely N-dealkylation sites (N-methyl/N-ethyl adjacent to an activating group) is 2. The molecule has 2 aromatic carbocycles. The van der Waals surface area contributed by atoms with Crippen LogP contribution in [0.25, 0.3) is 11.1 Å². The minimum Gasteiger partial charge on any atom is -0.507 e. The van der Waals surface area contributed by atoms with Gasteiger partial charge < -0.3 is 57.4 Å². The number of hydrogen-bond donors (Lipinski definition) is 9. The second-order valence-corrected chi connectivity index (χ2v) is 17.4. The molecular weight excluding hydrogens is 865 g/mol. The molecule has 1 heterocycles. The van der Waals surface area contributed by atoms with Gasteiger partial charge in [0.15, 0.2) is 0 Å². The van der Waals surface area contributed by atoms with Gasteiger partial charge >= 0.3 is 0 Å². The first kappa shape index (κ1) is 55.1. The second-order valence-electron chi connectivity index (χ2n) is 17.4. The van der Waals surface area contributed by atoms with E-state index in [9.17, 15) is 53.7 Å². The van der Waals surface area contributed by atoms with Crippen LogP contribution in [0.3, 0.4) is 0 Å². The molecule has 1 aliphatic heterocycles. The molecule has 19 heteroatoms. The first-order valence-corrected chi connectivity index (χ1v) is 23.4. The summed E-state index contributed by atoms with van der Waals surface area (Å²) in [5.74, 6) is -6.49. The quantitative estimate of drug-likeness (QED) is 0.0652. The predicted octanol–water partition coefficient (Wildman–Crippen LogP) is 2.33. The highest BCUT2D eigenvalue weighted by atomic mass is 16.3. The Hall–Kier alpha value is -6.24. The lowest BCUT2D eigenvalue weighted by Crippen LogP contribution is -2.55. The number of carbonyl (C=O) groups is 8. The Kier molecular flexibility index (Phi) is 23.1. The average molecular weight is 937 g/mol. The number of aliphatic hydroxyl groups is 1. The van der Waals surface area contributed by atoms with E-state index >= 15 is 0 Å². The summed E-state index contributed by atoms with van der Waals surface area (Å²) in [6.07, 6.45) is 15.1. The topological polar surface area (TPSA) is 290 Å². The van der Waals surface area contributed by atoms with E-state index in [-0.39, 0.29) is 46.9 Å². The van der Waals surface area contributed by atoms with E-state index in [1.807, 2.05) is 0 Å². The molecule has 0 aliphatic carbocycles. The number of aromatic hydroxyl groups is 2. The van der Waals surface area contributed by atoms with Gasteiger partial charge in [-0.2, -0.15) is 0 Å². The van der Waals surface area contributed by atoms with Crippen molar-refractivity contribution in [1.29, 1.82) is 0 Å². The van der Waals surface area contributed by atoms with Crippen molar-refractivity contribution in [2.75, 3.05) is 33.8 Å². The molecule has 0 spiro atoms. The zero-order chi connectivity index (χ0) is 49.6. The van der Waals surface area contributed by atoms with Gasteiger partial charge in [-0.1, -0.05) is 96.1 Å². The maximum Gasteiger partial charge on any atom is 0.247 e. The summed E-state index contributed by atoms with van der Waals surface area (Å²) in [7, 11) is 2.69. The van der Waals surface area contributed by atoms with Crippen molar-refractivity contribution in [1.82, 2.24) is 36.4 Å². The SMILES string of the molecule is CCCCCCCCCCCCCCCC(=O)N(C)C(CO)C(=O)N[C@H](C)C(=O)NCC(=O)N(C)[C@@H]1C(=O)NCC(=O)N[C@H](C(=O)N[C@@H](C)C(N)=O)Cc2ccc(O)c(c2)-c2cc1ccc2O. The van der Waals surface area contributed by atoms with Crippen LogP contribution in [0, 0.1) is 0 Å². The third-order valence-corrected chi connectivity index (χ3v) is 12.0. The number of fused-ring (bicyclic) bond motifs is 5. The van der Waals surface area contributed by atoms with E-state index in [0.717, 1.165) is 29.1 Å². The van der Waals surface area contributed by atoms with Crippen LogP contribution in [0.15, 0.2) is 36.4 Å². The number of amides is 8. The number of carbonyl (C=O) groups excluding carboxylic acids is 8. The Bertz CT molecular complexity index is 2030. The van der Waals surface area contributed by atoms with E-state index in [1.165, 1.54) is 122 Å². The van der Waals surface area contributed by atoms with Crippen molar-refractivity contribution in [3.63, 3.8) is 0 Å². The van der Waals surface area contributed by atoms with Gasteiger partial charge in [-0.15, -0.1) is 0 Å². The smallest absolute Gasteiger partial charge is 0.247 e. The molecule has 2 aromatic rings. The van der Waals surface area contributed by atoms with Crippen LogP contribution < -0.4 is 32.3 Å². The average Bonchev–Trinajstić information content (AvgIpc) is 3.29. The van der Waals surface area contributed by atoms with Gasteiger partial charge in [0.1, 0.15) is 41.7 Å². The lowest BCUT2D eigenvalue weighted by molar-refractivity contribution is -0.142. The van der Waals surface area contributed by atoms with E-state index < -0.39 is 91.3 Å². The summed E-state index contributed by atoms with van der Waals surface area (Å²) < 4.78 is 0. The molecule has 1 aliphatic rings. The number of primary amides is 1. The van der Waals surface area contributed by atoms with E-state index in [2.05, 4.69) is 33.5 Å². The van der Waals surface area contributed by atoms with Crippen LogP contribution in [0.2, 0.25) is 0 Å². The molecule has 0 saturated heterocycles. The minimum absolute atomic E-state index is 0.0610. The first-order valence-electron chi connectivity index (χ1n) is 23.4. The van der Waals surface area contributed by atoms with Gasteiger partial charge in [-0.05, 0) is 55.7 Å². The molecule has 19 nitrogen and oxygen atoms in total. The highest BCUT2D eigenvalue weighted by Gasteiger charge is 2.33. The number of aliphatic hydroxyl groups excluding tert-OH is 1. The molecule has 3 rings (SSSR count). The van der Waals surface area contributed by atoms with Crippen LogP contribution in [-0.4, -0.2) is 130 Å². The number of unbranched alkanes of at least 4 members (excludes halogenated alkanes) is 12. The van der Waals surface area contributed by atoms with Crippen molar-refractivity contribution in [2.45, 2.75) is 147 Å². The normalized spacial score (nSPS) is 16.2. The number of benzene rings is 2. The maximum atomic E-state index is 13.9. The third-order valence-electron chi connectivity index (χ3n) is 12.0. The van der Waals surface area contributed by atoms with Crippen LogP contribution >= 0.6 is 0 Å². The minimum atomic E-state index is -1.48. The molecule has 10 N–H and O–H groups in total. The van der Waals surface area contributed by atoms with Gasteiger partial charge in [-0.3, -0.25) is 38.4 Å². The van der Waals surface area contributed by atoms with Gasteiger partial charge in [0, 0.05) is 38.1 Å². The van der Waals surface area contributed by atoms with E-state index in [4.69, 9.17) is 5.73 Å². The number of phenolic OH excluding ortho intramolecular Hbond substituents is 2. The van der Waals surface area contributed by atoms with Gasteiger partial charge in [0.2, 0.25) is 47.3 Å². The summed E-state index contributed by atoms with van der Waals surface area (Å²) >= 11 is 0. The second kappa shape index (κ2) is 28.1. The molecule has 8 amide bonds. The molecule has 0 aromatic heterocycles. The number of rotatable bonds is 25. The summed E-state index contributed by atoms with van der Waals surface area (Å²) in [6, 6.07) is 1.98. The fourth-order valence-electron chi connectivity index (χ4n) is 7.74. The molecule has 4 bridgehead atoms. The van der Waals surface area contributed by atoms with Gasteiger partial charge in [0.25, 0.3) is 0 Å². The highest BCUT2D eigenvalue weighted by molar-refractivity contribution is 5.96. The van der Waals surface area contributed by atoms with Crippen LogP contribution in [0.5, 0.6) is 11.5 Å². The lowest BCUT2D eigenvalue weighted by atomic mass is 9.94. The Morgan fingerprint density at radius 3 is 1.91 bits per heavy atom. The standard InChI is InChI=1S/C48H72N8O11/c1-6-7-8-9-10-11-12-13-14-15-16-17-18-19-41(61)55(4)37(29-57)47(66)53-31(3)45(64)51-28-42(62)56(5)43-33-21-23-39(59)35(26-33)34-24-32(20-22-38(34)58)25-36(46(65)52-30(2)44(49)63)54-40(60)27-50-48(43)67/h20-24,26,30-31,36-37,43,57-59H,6-19,25,27-29H2,1-5H3,(H2,49,63)(H,50,67)(H,51,64)(H,52,65)(H,53,66)(H,54,60)/t30-,31+,36-,37?,43-/m0/s1. The van der Waals surface area contributed by atoms with Gasteiger partial charge in [-0.25, -0.2) is 0 Å². The zero-order valence-electron chi connectivity index (χ0n) is 39.7. The van der Waals surface area contributed by atoms with Crippen molar-refractivity contribution in [3.8, 4) is 22.6 Å². The molecule has 1 unspecified atom stereocenters.